The van der Waals surface area contributed by atoms with E-state index in [9.17, 15) is 0 Å². The van der Waals surface area contributed by atoms with Gasteiger partial charge >= 0.3 is 0 Å². The average molecular weight is 244 g/mol. The van der Waals surface area contributed by atoms with Crippen molar-refractivity contribution >= 4 is 5.82 Å². The predicted octanol–water partition coefficient (Wildman–Crippen LogP) is 2.37. The van der Waals surface area contributed by atoms with Gasteiger partial charge in [-0.15, -0.1) is 0 Å². The Morgan fingerprint density at radius 1 is 1.28 bits per heavy atom. The van der Waals surface area contributed by atoms with Gasteiger partial charge in [-0.25, -0.2) is 9.97 Å². The molecule has 0 saturated carbocycles. The van der Waals surface area contributed by atoms with Crippen LogP contribution >= 0.6 is 0 Å². The second-order valence-corrected chi connectivity index (χ2v) is 4.15. The van der Waals surface area contributed by atoms with Crippen molar-refractivity contribution < 1.29 is 4.74 Å². The fourth-order valence-electron chi connectivity index (χ4n) is 1.53. The normalized spacial score (nSPS) is 10.4. The van der Waals surface area contributed by atoms with Gasteiger partial charge in [-0.1, -0.05) is 0 Å². The summed E-state index contributed by atoms with van der Waals surface area (Å²) in [7, 11) is 1.61. The second-order valence-electron chi connectivity index (χ2n) is 4.15. The highest BCUT2D eigenvalue weighted by atomic mass is 16.5. The fourth-order valence-corrected chi connectivity index (χ4v) is 1.53. The molecule has 0 aliphatic carbocycles. The predicted molar refractivity (Wildman–Crippen MR) is 70.6 cm³/mol. The summed E-state index contributed by atoms with van der Waals surface area (Å²) in [6.07, 6.45) is 5.13. The van der Waals surface area contributed by atoms with Crippen molar-refractivity contribution in [1.29, 1.82) is 0 Å². The Balaban J connectivity index is 2.39. The Morgan fingerprint density at radius 3 is 2.72 bits per heavy atom. The molecule has 0 atom stereocenters. The highest BCUT2D eigenvalue weighted by Gasteiger charge is 2.09. The Bertz CT molecular complexity index is 514. The first kappa shape index (κ1) is 12.3. The summed E-state index contributed by atoms with van der Waals surface area (Å²) in [6.45, 7) is 4.09. The topological polar surface area (TPSA) is 59.9 Å². The molecule has 0 spiro atoms. The zero-order chi connectivity index (χ0) is 13.0. The molecule has 94 valence electrons. The van der Waals surface area contributed by atoms with Crippen LogP contribution in [0.5, 0.6) is 5.75 Å². The quantitative estimate of drug-likeness (QED) is 0.894. The smallest absolute Gasteiger partial charge is 0.179 e. The van der Waals surface area contributed by atoms with E-state index in [0.29, 0.717) is 17.4 Å². The maximum Gasteiger partial charge on any atom is 0.179 e. The summed E-state index contributed by atoms with van der Waals surface area (Å²) in [5.41, 5.74) is 0.881. The van der Waals surface area contributed by atoms with Gasteiger partial charge in [0.25, 0.3) is 0 Å². The van der Waals surface area contributed by atoms with E-state index in [1.54, 1.807) is 25.7 Å². The third-order valence-corrected chi connectivity index (χ3v) is 2.32. The van der Waals surface area contributed by atoms with E-state index in [0.717, 1.165) is 5.56 Å². The molecular weight excluding hydrogens is 228 g/mol. The molecule has 0 fully saturated rings. The van der Waals surface area contributed by atoms with E-state index in [1.165, 1.54) is 0 Å². The molecule has 0 radical (unpaired) electrons. The SMILES string of the molecule is COc1cnc(-c2cccnc2)nc1NC(C)C. The monoisotopic (exact) mass is 244 g/mol. The van der Waals surface area contributed by atoms with Crippen LogP contribution in [0.4, 0.5) is 5.82 Å². The van der Waals surface area contributed by atoms with Gasteiger partial charge in [0.1, 0.15) is 0 Å². The lowest BCUT2D eigenvalue weighted by Gasteiger charge is -2.13. The van der Waals surface area contributed by atoms with Crippen LogP contribution in [0.1, 0.15) is 13.8 Å². The van der Waals surface area contributed by atoms with Crippen LogP contribution in [0.15, 0.2) is 30.7 Å². The summed E-state index contributed by atoms with van der Waals surface area (Å²) in [4.78, 5) is 12.8. The van der Waals surface area contributed by atoms with Gasteiger partial charge < -0.3 is 10.1 Å². The van der Waals surface area contributed by atoms with Crippen molar-refractivity contribution in [3.8, 4) is 17.1 Å². The Kier molecular flexibility index (Phi) is 3.72. The standard InChI is InChI=1S/C13H16N4O/c1-9(2)16-13-11(18-3)8-15-12(17-13)10-5-4-6-14-7-10/h4-9H,1-3H3,(H,15,16,17). The van der Waals surface area contributed by atoms with Gasteiger partial charge in [-0.05, 0) is 26.0 Å². The second kappa shape index (κ2) is 5.44. The highest BCUT2D eigenvalue weighted by molar-refractivity contribution is 5.59. The van der Waals surface area contributed by atoms with E-state index < -0.39 is 0 Å². The van der Waals surface area contributed by atoms with Gasteiger partial charge in [0.05, 0.1) is 13.3 Å². The number of pyridine rings is 1. The van der Waals surface area contributed by atoms with Crippen molar-refractivity contribution in [3.05, 3.63) is 30.7 Å². The summed E-state index contributed by atoms with van der Waals surface area (Å²) < 4.78 is 5.23. The van der Waals surface area contributed by atoms with Crippen molar-refractivity contribution in [3.63, 3.8) is 0 Å². The lowest BCUT2D eigenvalue weighted by atomic mass is 10.2. The molecule has 2 aromatic rings. The molecule has 1 N–H and O–H groups in total. The van der Waals surface area contributed by atoms with Gasteiger partial charge in [-0.2, -0.15) is 0 Å². The summed E-state index contributed by atoms with van der Waals surface area (Å²) in [5, 5.41) is 3.24. The van der Waals surface area contributed by atoms with Crippen molar-refractivity contribution in [2.75, 3.05) is 12.4 Å². The first-order valence-electron chi connectivity index (χ1n) is 5.78. The van der Waals surface area contributed by atoms with Crippen LogP contribution in [0.25, 0.3) is 11.4 Å². The van der Waals surface area contributed by atoms with Crippen LogP contribution in [-0.2, 0) is 0 Å². The van der Waals surface area contributed by atoms with Crippen LogP contribution in [0.3, 0.4) is 0 Å². The molecule has 5 heteroatoms. The zero-order valence-electron chi connectivity index (χ0n) is 10.7. The van der Waals surface area contributed by atoms with Crippen LogP contribution in [-0.4, -0.2) is 28.1 Å². The lowest BCUT2D eigenvalue weighted by Crippen LogP contribution is -2.12. The molecule has 0 unspecified atom stereocenters. The lowest BCUT2D eigenvalue weighted by molar-refractivity contribution is 0.412. The molecule has 2 heterocycles. The molecule has 0 bridgehead atoms. The molecule has 2 rings (SSSR count). The van der Waals surface area contributed by atoms with Crippen molar-refractivity contribution in [1.82, 2.24) is 15.0 Å². The summed E-state index contributed by atoms with van der Waals surface area (Å²) in [5.74, 6) is 1.96. The summed E-state index contributed by atoms with van der Waals surface area (Å²) >= 11 is 0. The molecule has 2 aromatic heterocycles. The zero-order valence-corrected chi connectivity index (χ0v) is 10.7. The number of hydrogen-bond donors (Lipinski definition) is 1. The number of aromatic nitrogens is 3. The van der Waals surface area contributed by atoms with Crippen LogP contribution in [0.2, 0.25) is 0 Å². The van der Waals surface area contributed by atoms with Crippen molar-refractivity contribution in [2.45, 2.75) is 19.9 Å². The molecule has 0 saturated heterocycles. The molecule has 0 aliphatic rings. The number of rotatable bonds is 4. The minimum Gasteiger partial charge on any atom is -0.491 e. The largest absolute Gasteiger partial charge is 0.491 e. The maximum atomic E-state index is 5.23. The van der Waals surface area contributed by atoms with Crippen LogP contribution < -0.4 is 10.1 Å². The first-order valence-corrected chi connectivity index (χ1v) is 5.78. The number of anilines is 1. The third-order valence-electron chi connectivity index (χ3n) is 2.32. The maximum absolute atomic E-state index is 5.23. The minimum atomic E-state index is 0.274. The molecule has 5 nitrogen and oxygen atoms in total. The van der Waals surface area contributed by atoms with E-state index in [-0.39, 0.29) is 6.04 Å². The first-order chi connectivity index (χ1) is 8.70. The fraction of sp³-hybridized carbons (Fsp3) is 0.308. The van der Waals surface area contributed by atoms with Gasteiger partial charge in [-0.3, -0.25) is 4.98 Å². The van der Waals surface area contributed by atoms with E-state index in [4.69, 9.17) is 4.74 Å². The number of ether oxygens (including phenoxy) is 1. The Hall–Kier alpha value is -2.17. The van der Waals surface area contributed by atoms with Gasteiger partial charge in [0.15, 0.2) is 17.4 Å². The number of nitrogens with one attached hydrogen (secondary N) is 1. The number of hydrogen-bond acceptors (Lipinski definition) is 5. The van der Waals surface area contributed by atoms with E-state index >= 15 is 0 Å². The van der Waals surface area contributed by atoms with Gasteiger partial charge in [0.2, 0.25) is 0 Å². The summed E-state index contributed by atoms with van der Waals surface area (Å²) in [6, 6.07) is 4.06. The van der Waals surface area contributed by atoms with E-state index in [2.05, 4.69) is 20.3 Å². The number of methoxy groups -OCH3 is 1. The molecular formula is C13H16N4O. The Morgan fingerprint density at radius 2 is 2.11 bits per heavy atom. The average Bonchev–Trinajstić information content (AvgIpc) is 2.39. The molecule has 18 heavy (non-hydrogen) atoms. The van der Waals surface area contributed by atoms with Gasteiger partial charge in [0, 0.05) is 24.0 Å². The molecule has 0 aliphatic heterocycles. The molecule has 0 amide bonds. The number of nitrogens with zero attached hydrogens (tertiary/aromatic N) is 3. The molecule has 0 aromatic carbocycles. The van der Waals surface area contributed by atoms with Crippen molar-refractivity contribution in [2.24, 2.45) is 0 Å². The van der Waals surface area contributed by atoms with E-state index in [1.807, 2.05) is 26.0 Å². The Labute approximate surface area is 106 Å². The third kappa shape index (κ3) is 2.74. The highest BCUT2D eigenvalue weighted by Crippen LogP contribution is 2.24. The minimum absolute atomic E-state index is 0.274. The van der Waals surface area contributed by atoms with Crippen LogP contribution in [0, 0.1) is 0 Å².